The molecule has 0 amide bonds. The van der Waals surface area contributed by atoms with Gasteiger partial charge >= 0.3 is 0 Å². The molecule has 2 N–H and O–H groups in total. The Labute approximate surface area is 134 Å². The molecule has 5 nitrogen and oxygen atoms in total. The highest BCUT2D eigenvalue weighted by molar-refractivity contribution is 5.24. The molecule has 0 spiro atoms. The van der Waals surface area contributed by atoms with Crippen molar-refractivity contribution in [1.82, 2.24) is 20.0 Å². The Bertz CT molecular complexity index is 450. The van der Waals surface area contributed by atoms with Gasteiger partial charge in [-0.15, -0.1) is 0 Å². The Morgan fingerprint density at radius 3 is 2.64 bits per heavy atom. The van der Waals surface area contributed by atoms with Crippen molar-refractivity contribution in [3.8, 4) is 0 Å². The van der Waals surface area contributed by atoms with Crippen LogP contribution in [0.1, 0.15) is 49.6 Å². The van der Waals surface area contributed by atoms with Gasteiger partial charge in [-0.2, -0.15) is 5.10 Å². The maximum Gasteiger partial charge on any atom is 0.0641 e. The monoisotopic (exact) mass is 308 g/mol. The molecule has 1 fully saturated rings. The number of aromatic nitrogens is 2. The molecule has 0 atom stereocenters. The first-order chi connectivity index (χ1) is 10.6. The van der Waals surface area contributed by atoms with Crippen LogP contribution < -0.4 is 5.32 Å². The fraction of sp³-hybridized carbons (Fsp3) is 0.824. The molecule has 0 aromatic carbocycles. The Balaban J connectivity index is 1.66. The van der Waals surface area contributed by atoms with Gasteiger partial charge in [-0.3, -0.25) is 4.68 Å². The zero-order valence-corrected chi connectivity index (χ0v) is 14.4. The van der Waals surface area contributed by atoms with E-state index in [4.69, 9.17) is 0 Å². The first-order valence-electron chi connectivity index (χ1n) is 8.75. The van der Waals surface area contributed by atoms with Crippen molar-refractivity contribution < 1.29 is 5.11 Å². The summed E-state index contributed by atoms with van der Waals surface area (Å²) in [6.45, 7) is 12.7. The normalized spacial score (nSPS) is 17.3. The summed E-state index contributed by atoms with van der Waals surface area (Å²) in [6, 6.07) is 0. The molecule has 2 heterocycles. The number of hydrogen-bond acceptors (Lipinski definition) is 4. The standard InChI is InChI=1S/C17H32N4O/c1-4-9-21-15(3)17(14(2)19-21)13-18-8-5-10-20-11-6-16(22)7-12-20/h16,18,22H,4-13H2,1-3H3. The Hall–Kier alpha value is -0.910. The average Bonchev–Trinajstić information content (AvgIpc) is 2.76. The van der Waals surface area contributed by atoms with Crippen molar-refractivity contribution >= 4 is 0 Å². The number of aliphatic hydroxyl groups is 1. The molecule has 0 unspecified atom stereocenters. The van der Waals surface area contributed by atoms with Crippen molar-refractivity contribution in [1.29, 1.82) is 0 Å². The van der Waals surface area contributed by atoms with E-state index in [1.807, 2.05) is 0 Å². The van der Waals surface area contributed by atoms with Gasteiger partial charge in [-0.1, -0.05) is 6.92 Å². The lowest BCUT2D eigenvalue weighted by atomic mass is 10.1. The number of nitrogens with one attached hydrogen (secondary N) is 1. The number of hydrogen-bond donors (Lipinski definition) is 2. The van der Waals surface area contributed by atoms with Gasteiger partial charge in [0.1, 0.15) is 0 Å². The second-order valence-corrected chi connectivity index (χ2v) is 6.48. The molecule has 22 heavy (non-hydrogen) atoms. The highest BCUT2D eigenvalue weighted by Crippen LogP contribution is 2.13. The van der Waals surface area contributed by atoms with E-state index < -0.39 is 0 Å². The van der Waals surface area contributed by atoms with E-state index in [1.165, 1.54) is 11.3 Å². The minimum absolute atomic E-state index is 0.0695. The summed E-state index contributed by atoms with van der Waals surface area (Å²) < 4.78 is 2.13. The molecule has 1 saturated heterocycles. The molecule has 1 aromatic rings. The number of rotatable bonds is 8. The van der Waals surface area contributed by atoms with Gasteiger partial charge in [0.15, 0.2) is 0 Å². The SMILES string of the molecule is CCCn1nc(C)c(CNCCCN2CCC(O)CC2)c1C. The van der Waals surface area contributed by atoms with Crippen LogP contribution in [0.15, 0.2) is 0 Å². The largest absolute Gasteiger partial charge is 0.393 e. The first kappa shape index (κ1) is 17.4. The predicted molar refractivity (Wildman–Crippen MR) is 90.0 cm³/mol. The predicted octanol–water partition coefficient (Wildman–Crippen LogP) is 1.85. The zero-order chi connectivity index (χ0) is 15.9. The van der Waals surface area contributed by atoms with Crippen LogP contribution >= 0.6 is 0 Å². The van der Waals surface area contributed by atoms with Crippen LogP contribution in [0.4, 0.5) is 0 Å². The van der Waals surface area contributed by atoms with Crippen LogP contribution in [0.2, 0.25) is 0 Å². The van der Waals surface area contributed by atoms with Crippen LogP contribution in [-0.2, 0) is 13.1 Å². The van der Waals surface area contributed by atoms with E-state index in [1.54, 1.807) is 0 Å². The van der Waals surface area contributed by atoms with E-state index in [-0.39, 0.29) is 6.10 Å². The highest BCUT2D eigenvalue weighted by atomic mass is 16.3. The Morgan fingerprint density at radius 2 is 1.95 bits per heavy atom. The minimum atomic E-state index is -0.0695. The number of likely N-dealkylation sites (tertiary alicyclic amines) is 1. The topological polar surface area (TPSA) is 53.3 Å². The first-order valence-corrected chi connectivity index (χ1v) is 8.75. The number of aryl methyl sites for hydroxylation is 2. The van der Waals surface area contributed by atoms with Gasteiger partial charge in [0.05, 0.1) is 11.8 Å². The fourth-order valence-electron chi connectivity index (χ4n) is 3.20. The molecular formula is C17H32N4O. The van der Waals surface area contributed by atoms with Crippen LogP contribution in [-0.4, -0.2) is 52.1 Å². The second-order valence-electron chi connectivity index (χ2n) is 6.48. The van der Waals surface area contributed by atoms with Gasteiger partial charge in [0, 0.05) is 37.4 Å². The summed E-state index contributed by atoms with van der Waals surface area (Å²) in [4.78, 5) is 2.46. The molecule has 0 aliphatic carbocycles. The summed E-state index contributed by atoms with van der Waals surface area (Å²) in [7, 11) is 0. The smallest absolute Gasteiger partial charge is 0.0641 e. The average molecular weight is 308 g/mol. The fourth-order valence-corrected chi connectivity index (χ4v) is 3.20. The van der Waals surface area contributed by atoms with Gasteiger partial charge in [-0.05, 0) is 52.6 Å². The molecule has 0 saturated carbocycles. The number of nitrogens with zero attached hydrogens (tertiary/aromatic N) is 3. The summed E-state index contributed by atoms with van der Waals surface area (Å²) >= 11 is 0. The van der Waals surface area contributed by atoms with E-state index in [9.17, 15) is 5.11 Å². The summed E-state index contributed by atoms with van der Waals surface area (Å²) in [5, 5.41) is 17.7. The van der Waals surface area contributed by atoms with Gasteiger partial charge in [0.2, 0.25) is 0 Å². The molecule has 1 aromatic heterocycles. The van der Waals surface area contributed by atoms with Crippen LogP contribution in [0, 0.1) is 13.8 Å². The number of piperidine rings is 1. The third kappa shape index (κ3) is 4.80. The number of aliphatic hydroxyl groups excluding tert-OH is 1. The third-order valence-electron chi connectivity index (χ3n) is 4.65. The van der Waals surface area contributed by atoms with Crippen LogP contribution in [0.3, 0.4) is 0 Å². The van der Waals surface area contributed by atoms with Crippen molar-refractivity contribution in [2.45, 2.75) is 65.6 Å². The highest BCUT2D eigenvalue weighted by Gasteiger charge is 2.16. The summed E-state index contributed by atoms with van der Waals surface area (Å²) in [5.74, 6) is 0. The van der Waals surface area contributed by atoms with Gasteiger partial charge in [-0.25, -0.2) is 0 Å². The third-order valence-corrected chi connectivity index (χ3v) is 4.65. The van der Waals surface area contributed by atoms with E-state index in [2.05, 4.69) is 40.8 Å². The van der Waals surface area contributed by atoms with Gasteiger partial charge < -0.3 is 15.3 Å². The second kappa shape index (κ2) is 8.65. The maximum atomic E-state index is 9.51. The van der Waals surface area contributed by atoms with E-state index in [0.29, 0.717) is 0 Å². The van der Waals surface area contributed by atoms with Crippen molar-refractivity contribution in [3.63, 3.8) is 0 Å². The summed E-state index contributed by atoms with van der Waals surface area (Å²) in [6.07, 6.45) is 4.08. The van der Waals surface area contributed by atoms with Gasteiger partial charge in [0.25, 0.3) is 0 Å². The maximum absolute atomic E-state index is 9.51. The van der Waals surface area contributed by atoms with Crippen molar-refractivity contribution in [3.05, 3.63) is 17.0 Å². The Kier molecular flexibility index (Phi) is 6.86. The van der Waals surface area contributed by atoms with Crippen molar-refractivity contribution in [2.24, 2.45) is 0 Å². The lowest BCUT2D eigenvalue weighted by molar-refractivity contribution is 0.0821. The Morgan fingerprint density at radius 1 is 1.23 bits per heavy atom. The lowest BCUT2D eigenvalue weighted by Crippen LogP contribution is -2.37. The molecular weight excluding hydrogens is 276 g/mol. The van der Waals surface area contributed by atoms with Crippen LogP contribution in [0.25, 0.3) is 0 Å². The molecule has 1 aliphatic heterocycles. The van der Waals surface area contributed by atoms with E-state index >= 15 is 0 Å². The molecule has 1 aliphatic rings. The van der Waals surface area contributed by atoms with Crippen LogP contribution in [0.5, 0.6) is 0 Å². The van der Waals surface area contributed by atoms with E-state index in [0.717, 1.165) is 70.6 Å². The quantitative estimate of drug-likeness (QED) is 0.720. The molecule has 5 heteroatoms. The molecule has 2 rings (SSSR count). The van der Waals surface area contributed by atoms with Crippen molar-refractivity contribution in [2.75, 3.05) is 26.2 Å². The minimum Gasteiger partial charge on any atom is -0.393 e. The summed E-state index contributed by atoms with van der Waals surface area (Å²) in [5.41, 5.74) is 3.81. The molecule has 0 radical (unpaired) electrons. The molecule has 0 bridgehead atoms. The zero-order valence-electron chi connectivity index (χ0n) is 14.4. The lowest BCUT2D eigenvalue weighted by Gasteiger charge is -2.29. The molecule has 126 valence electrons.